The molecule has 2 aliphatic carbocycles. The summed E-state index contributed by atoms with van der Waals surface area (Å²) in [6.07, 6.45) is 7.07. The van der Waals surface area contributed by atoms with Crippen LogP contribution in [0.1, 0.15) is 25.0 Å². The van der Waals surface area contributed by atoms with Crippen LogP contribution in [0.4, 0.5) is 0 Å². The molecule has 1 heterocycles. The monoisotopic (exact) mass is 217 g/mol. The number of hydrazine groups is 1. The fourth-order valence-electron chi connectivity index (χ4n) is 3.52. The molecule has 16 heavy (non-hydrogen) atoms. The maximum Gasteiger partial charge on any atom is 0.0419 e. The first-order valence-corrected chi connectivity index (χ1v) is 6.26. The maximum absolute atomic E-state index is 5.69. The summed E-state index contributed by atoms with van der Waals surface area (Å²) in [5.41, 5.74) is 4.15. The molecular formula is C13H19N3. The van der Waals surface area contributed by atoms with Gasteiger partial charge in [0.25, 0.3) is 0 Å². The fourth-order valence-corrected chi connectivity index (χ4v) is 3.52. The van der Waals surface area contributed by atoms with Gasteiger partial charge in [-0.05, 0) is 42.7 Å². The molecule has 2 saturated carbocycles. The van der Waals surface area contributed by atoms with Crippen molar-refractivity contribution in [1.82, 2.24) is 10.4 Å². The molecule has 3 heteroatoms. The molecule has 3 N–H and O–H groups in total. The number of nitrogens with one attached hydrogen (secondary N) is 1. The SMILES string of the molecule is NNC(Cc1ccccn1)C1C2CCCC21. The molecule has 2 aliphatic rings. The molecule has 3 rings (SSSR count). The molecule has 0 radical (unpaired) electrons. The minimum absolute atomic E-state index is 0.421. The van der Waals surface area contributed by atoms with Gasteiger partial charge in [-0.2, -0.15) is 0 Å². The van der Waals surface area contributed by atoms with Crippen LogP contribution in [0.2, 0.25) is 0 Å². The van der Waals surface area contributed by atoms with Gasteiger partial charge in [-0.3, -0.25) is 16.3 Å². The van der Waals surface area contributed by atoms with E-state index in [1.165, 1.54) is 19.3 Å². The zero-order valence-corrected chi connectivity index (χ0v) is 9.47. The molecule has 2 fully saturated rings. The standard InChI is InChI=1S/C13H19N3/c14-16-12(8-9-4-1-2-7-15-9)13-10-5-3-6-11(10)13/h1-2,4,7,10-13,16H,3,5-6,8,14H2. The van der Waals surface area contributed by atoms with Gasteiger partial charge in [0.05, 0.1) is 0 Å². The Bertz CT molecular complexity index is 341. The van der Waals surface area contributed by atoms with E-state index < -0.39 is 0 Å². The van der Waals surface area contributed by atoms with Gasteiger partial charge in [-0.25, -0.2) is 0 Å². The Morgan fingerprint density at radius 2 is 2.19 bits per heavy atom. The van der Waals surface area contributed by atoms with Crippen LogP contribution in [-0.2, 0) is 6.42 Å². The highest BCUT2D eigenvalue weighted by Crippen LogP contribution is 2.59. The summed E-state index contributed by atoms with van der Waals surface area (Å²) in [4.78, 5) is 4.38. The van der Waals surface area contributed by atoms with Gasteiger partial charge in [0, 0.05) is 24.4 Å². The van der Waals surface area contributed by atoms with Crippen molar-refractivity contribution in [1.29, 1.82) is 0 Å². The number of fused-ring (bicyclic) bond motifs is 1. The Balaban J connectivity index is 1.64. The van der Waals surface area contributed by atoms with E-state index in [4.69, 9.17) is 5.84 Å². The summed E-state index contributed by atoms with van der Waals surface area (Å²) in [6, 6.07) is 6.51. The number of nitrogens with two attached hydrogens (primary N) is 1. The van der Waals surface area contributed by atoms with Crippen molar-refractivity contribution < 1.29 is 0 Å². The number of hydrogen-bond donors (Lipinski definition) is 2. The van der Waals surface area contributed by atoms with Crippen LogP contribution in [-0.4, -0.2) is 11.0 Å². The van der Waals surface area contributed by atoms with E-state index in [1.54, 1.807) is 0 Å². The van der Waals surface area contributed by atoms with E-state index in [0.29, 0.717) is 6.04 Å². The van der Waals surface area contributed by atoms with E-state index in [2.05, 4.69) is 16.5 Å². The Labute approximate surface area is 96.4 Å². The highest BCUT2D eigenvalue weighted by molar-refractivity contribution is 5.11. The Kier molecular flexibility index (Phi) is 2.65. The number of nitrogens with zero attached hydrogens (tertiary/aromatic N) is 1. The molecule has 0 bridgehead atoms. The summed E-state index contributed by atoms with van der Waals surface area (Å²) in [5, 5.41) is 0. The molecule has 0 aliphatic heterocycles. The lowest BCUT2D eigenvalue weighted by molar-refractivity contribution is 0.407. The van der Waals surface area contributed by atoms with E-state index in [1.807, 2.05) is 18.3 Å². The third-order valence-electron chi connectivity index (χ3n) is 4.31. The average Bonchev–Trinajstić information content (AvgIpc) is 2.81. The lowest BCUT2D eigenvalue weighted by atomic mass is 10.00. The maximum atomic E-state index is 5.69. The largest absolute Gasteiger partial charge is 0.271 e. The van der Waals surface area contributed by atoms with Gasteiger partial charge < -0.3 is 0 Å². The Hall–Kier alpha value is -0.930. The quantitative estimate of drug-likeness (QED) is 0.593. The molecule has 3 atom stereocenters. The fraction of sp³-hybridized carbons (Fsp3) is 0.615. The van der Waals surface area contributed by atoms with Crippen LogP contribution in [0.5, 0.6) is 0 Å². The third-order valence-corrected chi connectivity index (χ3v) is 4.31. The zero-order valence-electron chi connectivity index (χ0n) is 9.47. The number of rotatable bonds is 4. The first-order chi connectivity index (χ1) is 7.90. The first kappa shape index (κ1) is 10.2. The number of hydrogen-bond acceptors (Lipinski definition) is 3. The van der Waals surface area contributed by atoms with Crippen LogP contribution < -0.4 is 11.3 Å². The topological polar surface area (TPSA) is 50.9 Å². The van der Waals surface area contributed by atoms with Crippen molar-refractivity contribution in [3.63, 3.8) is 0 Å². The molecule has 1 aromatic rings. The van der Waals surface area contributed by atoms with E-state index >= 15 is 0 Å². The molecule has 0 saturated heterocycles. The zero-order chi connectivity index (χ0) is 11.0. The molecular weight excluding hydrogens is 198 g/mol. The van der Waals surface area contributed by atoms with E-state index in [-0.39, 0.29) is 0 Å². The molecule has 3 nitrogen and oxygen atoms in total. The molecule has 86 valence electrons. The minimum Gasteiger partial charge on any atom is -0.271 e. The lowest BCUT2D eigenvalue weighted by Gasteiger charge is -2.17. The summed E-state index contributed by atoms with van der Waals surface area (Å²) in [5.74, 6) is 8.39. The van der Waals surface area contributed by atoms with E-state index in [0.717, 1.165) is 29.9 Å². The van der Waals surface area contributed by atoms with Crippen molar-refractivity contribution in [2.24, 2.45) is 23.6 Å². The van der Waals surface area contributed by atoms with E-state index in [9.17, 15) is 0 Å². The second kappa shape index (κ2) is 4.15. The van der Waals surface area contributed by atoms with Gasteiger partial charge in [0.2, 0.25) is 0 Å². The van der Waals surface area contributed by atoms with Gasteiger partial charge >= 0.3 is 0 Å². The summed E-state index contributed by atoms with van der Waals surface area (Å²) in [6.45, 7) is 0. The molecule has 0 amide bonds. The van der Waals surface area contributed by atoms with Crippen molar-refractivity contribution in [2.45, 2.75) is 31.7 Å². The van der Waals surface area contributed by atoms with Crippen molar-refractivity contribution >= 4 is 0 Å². The van der Waals surface area contributed by atoms with Crippen molar-refractivity contribution in [2.75, 3.05) is 0 Å². The highest BCUT2D eigenvalue weighted by atomic mass is 15.2. The molecule has 1 aromatic heterocycles. The number of pyridine rings is 1. The van der Waals surface area contributed by atoms with Crippen LogP contribution in [0.3, 0.4) is 0 Å². The van der Waals surface area contributed by atoms with Crippen molar-refractivity contribution in [3.8, 4) is 0 Å². The van der Waals surface area contributed by atoms with Gasteiger partial charge in [-0.1, -0.05) is 12.5 Å². The Morgan fingerprint density at radius 1 is 1.38 bits per heavy atom. The Morgan fingerprint density at radius 3 is 2.81 bits per heavy atom. The van der Waals surface area contributed by atoms with Gasteiger partial charge in [0.15, 0.2) is 0 Å². The lowest BCUT2D eigenvalue weighted by Crippen LogP contribution is -2.39. The predicted octanol–water partition coefficient (Wildman–Crippen LogP) is 1.50. The molecule has 0 spiro atoms. The second-order valence-corrected chi connectivity index (χ2v) is 5.13. The minimum atomic E-state index is 0.421. The summed E-state index contributed by atoms with van der Waals surface area (Å²) < 4.78 is 0. The number of aromatic nitrogens is 1. The highest BCUT2D eigenvalue weighted by Gasteiger charge is 2.55. The van der Waals surface area contributed by atoms with Gasteiger partial charge in [-0.15, -0.1) is 0 Å². The smallest absolute Gasteiger partial charge is 0.0419 e. The normalized spacial score (nSPS) is 33.4. The second-order valence-electron chi connectivity index (χ2n) is 5.13. The molecule has 3 unspecified atom stereocenters. The summed E-state index contributed by atoms with van der Waals surface area (Å²) >= 11 is 0. The predicted molar refractivity (Wildman–Crippen MR) is 63.4 cm³/mol. The van der Waals surface area contributed by atoms with Crippen LogP contribution in [0, 0.1) is 17.8 Å². The van der Waals surface area contributed by atoms with Gasteiger partial charge in [0.1, 0.15) is 0 Å². The van der Waals surface area contributed by atoms with Crippen LogP contribution >= 0.6 is 0 Å². The third kappa shape index (κ3) is 1.74. The average molecular weight is 217 g/mol. The summed E-state index contributed by atoms with van der Waals surface area (Å²) in [7, 11) is 0. The van der Waals surface area contributed by atoms with Crippen LogP contribution in [0.15, 0.2) is 24.4 Å². The van der Waals surface area contributed by atoms with Crippen LogP contribution in [0.25, 0.3) is 0 Å². The molecule has 0 aromatic carbocycles. The van der Waals surface area contributed by atoms with Crippen molar-refractivity contribution in [3.05, 3.63) is 30.1 Å². The first-order valence-electron chi connectivity index (χ1n) is 6.26.